The number of amides is 2. The third-order valence-electron chi connectivity index (χ3n) is 3.96. The first-order chi connectivity index (χ1) is 10.9. The molecule has 2 rings (SSSR count). The number of urea groups is 1. The molecule has 0 spiro atoms. The Hall–Kier alpha value is -1.19. The molecule has 1 aromatic heterocycles. The number of sulfonamides is 1. The standard InChI is InChI=1S/C14H24N4O3S2/c1-17(11-13-15-8-10-22-13)14(19)16-7-6-12-5-3-4-9-18(12)23(2,20)21/h8,10,12H,3-7,9,11H2,1-2H3,(H,16,19)/t12-/m0/s1. The number of carbonyl (C=O) groups excluding carboxylic acids is 1. The number of thiazole rings is 1. The fourth-order valence-electron chi connectivity index (χ4n) is 2.79. The fourth-order valence-corrected chi connectivity index (χ4v) is 4.67. The van der Waals surface area contributed by atoms with Gasteiger partial charge < -0.3 is 10.2 Å². The number of nitrogens with zero attached hydrogens (tertiary/aromatic N) is 3. The summed E-state index contributed by atoms with van der Waals surface area (Å²) >= 11 is 1.51. The molecule has 0 aliphatic carbocycles. The molecule has 23 heavy (non-hydrogen) atoms. The van der Waals surface area contributed by atoms with Gasteiger partial charge in [-0.25, -0.2) is 18.2 Å². The van der Waals surface area contributed by atoms with Gasteiger partial charge in [0.1, 0.15) is 5.01 Å². The molecule has 130 valence electrons. The van der Waals surface area contributed by atoms with Crippen molar-refractivity contribution in [1.82, 2.24) is 19.5 Å². The van der Waals surface area contributed by atoms with Crippen molar-refractivity contribution in [2.45, 2.75) is 38.3 Å². The molecule has 1 aliphatic rings. The van der Waals surface area contributed by atoms with Crippen LogP contribution in [0.15, 0.2) is 11.6 Å². The molecular formula is C14H24N4O3S2. The van der Waals surface area contributed by atoms with Crippen LogP contribution in [0.25, 0.3) is 0 Å². The van der Waals surface area contributed by atoms with Crippen LogP contribution in [0.3, 0.4) is 0 Å². The van der Waals surface area contributed by atoms with E-state index in [1.54, 1.807) is 22.4 Å². The minimum atomic E-state index is -3.17. The summed E-state index contributed by atoms with van der Waals surface area (Å²) in [5.74, 6) is 0. The van der Waals surface area contributed by atoms with Crippen molar-refractivity contribution in [3.05, 3.63) is 16.6 Å². The van der Waals surface area contributed by atoms with Crippen LogP contribution in [0.1, 0.15) is 30.7 Å². The lowest BCUT2D eigenvalue weighted by atomic mass is 10.0. The van der Waals surface area contributed by atoms with E-state index >= 15 is 0 Å². The van der Waals surface area contributed by atoms with Crippen LogP contribution in [-0.2, 0) is 16.6 Å². The molecule has 0 radical (unpaired) electrons. The summed E-state index contributed by atoms with van der Waals surface area (Å²) in [7, 11) is -1.45. The van der Waals surface area contributed by atoms with Crippen LogP contribution in [0.2, 0.25) is 0 Å². The normalized spacial score (nSPS) is 19.5. The minimum absolute atomic E-state index is 0.0108. The van der Waals surface area contributed by atoms with E-state index in [0.717, 1.165) is 24.3 Å². The molecular weight excluding hydrogens is 336 g/mol. The minimum Gasteiger partial charge on any atom is -0.338 e. The van der Waals surface area contributed by atoms with Gasteiger partial charge >= 0.3 is 6.03 Å². The molecule has 0 saturated carbocycles. The van der Waals surface area contributed by atoms with Gasteiger partial charge in [0.2, 0.25) is 10.0 Å². The second-order valence-corrected chi connectivity index (χ2v) is 8.74. The largest absolute Gasteiger partial charge is 0.338 e. The molecule has 1 saturated heterocycles. The van der Waals surface area contributed by atoms with E-state index in [4.69, 9.17) is 0 Å². The van der Waals surface area contributed by atoms with Crippen molar-refractivity contribution in [1.29, 1.82) is 0 Å². The average Bonchev–Trinajstić information content (AvgIpc) is 2.99. The second kappa shape index (κ2) is 8.07. The number of rotatable bonds is 6. The van der Waals surface area contributed by atoms with Crippen LogP contribution in [0.4, 0.5) is 4.79 Å². The van der Waals surface area contributed by atoms with Gasteiger partial charge in [0.05, 0.1) is 12.8 Å². The maximum Gasteiger partial charge on any atom is 0.317 e. The fraction of sp³-hybridized carbons (Fsp3) is 0.714. The van der Waals surface area contributed by atoms with Crippen LogP contribution in [0, 0.1) is 0 Å². The van der Waals surface area contributed by atoms with Gasteiger partial charge in [-0.05, 0) is 19.3 Å². The van der Waals surface area contributed by atoms with Crippen LogP contribution < -0.4 is 5.32 Å². The van der Waals surface area contributed by atoms with Gasteiger partial charge in [-0.3, -0.25) is 0 Å². The molecule has 2 heterocycles. The zero-order valence-corrected chi connectivity index (χ0v) is 15.2. The summed E-state index contributed by atoms with van der Waals surface area (Å²) in [6.45, 7) is 1.53. The Morgan fingerprint density at radius 1 is 1.52 bits per heavy atom. The zero-order chi connectivity index (χ0) is 16.9. The molecule has 0 unspecified atom stereocenters. The molecule has 1 fully saturated rings. The summed E-state index contributed by atoms with van der Waals surface area (Å²) in [6.07, 6.45) is 6.42. The first-order valence-electron chi connectivity index (χ1n) is 7.72. The molecule has 1 aromatic rings. The lowest BCUT2D eigenvalue weighted by Gasteiger charge is -2.33. The second-order valence-electron chi connectivity index (χ2n) is 5.83. The van der Waals surface area contributed by atoms with E-state index in [-0.39, 0.29) is 12.1 Å². The van der Waals surface area contributed by atoms with Gasteiger partial charge in [-0.1, -0.05) is 6.42 Å². The quantitative estimate of drug-likeness (QED) is 0.833. The monoisotopic (exact) mass is 360 g/mol. The number of piperidine rings is 1. The van der Waals surface area contributed by atoms with E-state index < -0.39 is 10.0 Å². The van der Waals surface area contributed by atoms with Crippen LogP contribution >= 0.6 is 11.3 Å². The Balaban J connectivity index is 1.77. The Bertz CT molecular complexity index is 604. The number of hydrogen-bond donors (Lipinski definition) is 1. The van der Waals surface area contributed by atoms with Gasteiger partial charge in [0.15, 0.2) is 0 Å². The number of carbonyl (C=O) groups is 1. The molecule has 1 atom stereocenters. The lowest BCUT2D eigenvalue weighted by molar-refractivity contribution is 0.202. The third-order valence-corrected chi connectivity index (χ3v) is 6.05. The number of hydrogen-bond acceptors (Lipinski definition) is 5. The maximum atomic E-state index is 12.0. The Labute approximate surface area is 141 Å². The highest BCUT2D eigenvalue weighted by molar-refractivity contribution is 7.88. The van der Waals surface area contributed by atoms with E-state index in [1.807, 2.05) is 5.38 Å². The predicted molar refractivity (Wildman–Crippen MR) is 90.8 cm³/mol. The third kappa shape index (κ3) is 5.43. The maximum absolute atomic E-state index is 12.0. The van der Waals surface area contributed by atoms with Crippen molar-refractivity contribution in [3.8, 4) is 0 Å². The predicted octanol–water partition coefficient (Wildman–Crippen LogP) is 1.49. The summed E-state index contributed by atoms with van der Waals surface area (Å²) in [5, 5.41) is 5.62. The lowest BCUT2D eigenvalue weighted by Crippen LogP contribution is -2.45. The molecule has 1 aliphatic heterocycles. The first kappa shape index (κ1) is 18.2. The van der Waals surface area contributed by atoms with E-state index in [9.17, 15) is 13.2 Å². The summed E-state index contributed by atoms with van der Waals surface area (Å²) in [6, 6.07) is -0.176. The first-order valence-corrected chi connectivity index (χ1v) is 10.4. The average molecular weight is 361 g/mol. The van der Waals surface area contributed by atoms with Gasteiger partial charge in [-0.15, -0.1) is 11.3 Å². The van der Waals surface area contributed by atoms with E-state index in [1.165, 1.54) is 17.6 Å². The highest BCUT2D eigenvalue weighted by Gasteiger charge is 2.28. The Morgan fingerprint density at radius 2 is 2.30 bits per heavy atom. The topological polar surface area (TPSA) is 82.6 Å². The summed E-state index contributed by atoms with van der Waals surface area (Å²) < 4.78 is 25.2. The molecule has 7 nitrogen and oxygen atoms in total. The van der Waals surface area contributed by atoms with Crippen LogP contribution in [0.5, 0.6) is 0 Å². The van der Waals surface area contributed by atoms with Crippen molar-refractivity contribution >= 4 is 27.4 Å². The highest BCUT2D eigenvalue weighted by atomic mass is 32.2. The molecule has 0 aromatic carbocycles. The highest BCUT2D eigenvalue weighted by Crippen LogP contribution is 2.21. The zero-order valence-electron chi connectivity index (χ0n) is 13.6. The molecule has 9 heteroatoms. The smallest absolute Gasteiger partial charge is 0.317 e. The van der Waals surface area contributed by atoms with Crippen molar-refractivity contribution in [2.75, 3.05) is 26.4 Å². The summed E-state index contributed by atoms with van der Waals surface area (Å²) in [5.41, 5.74) is 0. The van der Waals surface area contributed by atoms with Gasteiger partial charge in [0, 0.05) is 37.8 Å². The van der Waals surface area contributed by atoms with Crippen molar-refractivity contribution in [2.24, 2.45) is 0 Å². The van der Waals surface area contributed by atoms with Crippen molar-refractivity contribution < 1.29 is 13.2 Å². The Morgan fingerprint density at radius 3 is 2.96 bits per heavy atom. The van der Waals surface area contributed by atoms with Gasteiger partial charge in [0.25, 0.3) is 0 Å². The van der Waals surface area contributed by atoms with Crippen molar-refractivity contribution in [3.63, 3.8) is 0 Å². The number of nitrogens with one attached hydrogen (secondary N) is 1. The SMILES string of the molecule is CN(Cc1nccs1)C(=O)NCC[C@@H]1CCCCN1S(C)(=O)=O. The summed E-state index contributed by atoms with van der Waals surface area (Å²) in [4.78, 5) is 17.8. The Kier molecular flexibility index (Phi) is 6.37. The molecule has 0 bridgehead atoms. The number of aromatic nitrogens is 1. The van der Waals surface area contributed by atoms with E-state index in [0.29, 0.717) is 26.1 Å². The molecule has 1 N–H and O–H groups in total. The molecule has 2 amide bonds. The van der Waals surface area contributed by atoms with Gasteiger partial charge in [-0.2, -0.15) is 4.31 Å². The van der Waals surface area contributed by atoms with Crippen LogP contribution in [-0.4, -0.2) is 61.1 Å². The van der Waals surface area contributed by atoms with E-state index in [2.05, 4.69) is 10.3 Å².